The number of halogens is 1. The Hall–Kier alpha value is -2.70. The van der Waals surface area contributed by atoms with Crippen molar-refractivity contribution in [2.45, 2.75) is 0 Å². The summed E-state index contributed by atoms with van der Waals surface area (Å²) in [6.07, 6.45) is 0. The number of hydrogen-bond donors (Lipinski definition) is 0. The molecule has 1 aromatic carbocycles. The van der Waals surface area contributed by atoms with E-state index in [2.05, 4.69) is 15.9 Å². The molecule has 12 nitrogen and oxygen atoms in total. The van der Waals surface area contributed by atoms with Crippen LogP contribution in [0.2, 0.25) is 0 Å². The van der Waals surface area contributed by atoms with Crippen molar-refractivity contribution in [1.29, 1.82) is 0 Å². The van der Waals surface area contributed by atoms with E-state index in [1.54, 1.807) is 0 Å². The van der Waals surface area contributed by atoms with E-state index in [0.717, 1.165) is 0 Å². The van der Waals surface area contributed by atoms with E-state index in [-0.39, 0.29) is 0 Å². The van der Waals surface area contributed by atoms with Crippen molar-refractivity contribution in [3.05, 3.63) is 51.0 Å². The maximum Gasteiger partial charge on any atom is 0.431 e. The van der Waals surface area contributed by atoms with Gasteiger partial charge >= 0.3 is 22.7 Å². The first-order valence-electron chi connectivity index (χ1n) is 4.12. The molecule has 0 aliphatic heterocycles. The summed E-state index contributed by atoms with van der Waals surface area (Å²) in [5.74, 6) is 0. The Bertz CT molecular complexity index is 628. The summed E-state index contributed by atoms with van der Waals surface area (Å²) in [6.45, 7) is 0. The molecule has 0 unspecified atom stereocenters. The third-order valence-corrected chi connectivity index (χ3v) is 2.53. The molecule has 0 atom stereocenters. The minimum atomic E-state index is -1.55. The lowest BCUT2D eigenvalue weighted by atomic mass is 10.2. The molecule has 100 valence electrons. The Kier molecular flexibility index (Phi) is 3.69. The van der Waals surface area contributed by atoms with E-state index in [1.165, 1.54) is 0 Å². The number of hydrogen-bond acceptors (Lipinski definition) is 8. The zero-order valence-corrected chi connectivity index (χ0v) is 10.1. The molecule has 0 aromatic heterocycles. The average Bonchev–Trinajstić information content (AvgIpc) is 2.25. The van der Waals surface area contributed by atoms with Crippen LogP contribution in [0.5, 0.6) is 0 Å². The lowest BCUT2D eigenvalue weighted by Crippen LogP contribution is -2.05. The van der Waals surface area contributed by atoms with Crippen LogP contribution in [0.4, 0.5) is 22.7 Å². The van der Waals surface area contributed by atoms with Gasteiger partial charge < -0.3 is 0 Å². The molecule has 0 spiro atoms. The van der Waals surface area contributed by atoms with Crippen molar-refractivity contribution in [3.63, 3.8) is 0 Å². The van der Waals surface area contributed by atoms with Gasteiger partial charge in [0.25, 0.3) is 0 Å². The maximum absolute atomic E-state index is 10.7. The lowest BCUT2D eigenvalue weighted by molar-refractivity contribution is -0.452. The Morgan fingerprint density at radius 2 is 1.16 bits per heavy atom. The third kappa shape index (κ3) is 2.44. The van der Waals surface area contributed by atoms with Crippen LogP contribution in [0.15, 0.2) is 10.5 Å². The number of benzene rings is 1. The highest BCUT2D eigenvalue weighted by Gasteiger charge is 2.45. The summed E-state index contributed by atoms with van der Waals surface area (Å²) in [5, 5.41) is 42.7. The zero-order chi connectivity index (χ0) is 14.9. The summed E-state index contributed by atoms with van der Waals surface area (Å²) in [5.41, 5.74) is -5.52. The van der Waals surface area contributed by atoms with Gasteiger partial charge in [-0.1, -0.05) is 0 Å². The lowest BCUT2D eigenvalue weighted by Gasteiger charge is -2.00. The SMILES string of the molecule is O=[N+]([O-])c1cc(Br)c([N+](=O)[O-])c([N+](=O)[O-])c1[N+](=O)[O-]. The summed E-state index contributed by atoms with van der Waals surface area (Å²) in [7, 11) is 0. The van der Waals surface area contributed by atoms with Crippen LogP contribution < -0.4 is 0 Å². The van der Waals surface area contributed by atoms with Gasteiger partial charge in [-0.05, 0) is 15.9 Å². The first kappa shape index (κ1) is 14.4. The molecule has 0 heterocycles. The van der Waals surface area contributed by atoms with Crippen molar-refractivity contribution in [3.8, 4) is 0 Å². The summed E-state index contributed by atoms with van der Waals surface area (Å²) in [6, 6.07) is 0.475. The second-order valence-electron chi connectivity index (χ2n) is 2.95. The molecule has 0 aliphatic rings. The summed E-state index contributed by atoms with van der Waals surface area (Å²) < 4.78 is -0.596. The van der Waals surface area contributed by atoms with Crippen molar-refractivity contribution in [2.75, 3.05) is 0 Å². The first-order valence-corrected chi connectivity index (χ1v) is 4.91. The van der Waals surface area contributed by atoms with E-state index < -0.39 is 46.9 Å². The fourth-order valence-corrected chi connectivity index (χ4v) is 1.82. The van der Waals surface area contributed by atoms with E-state index in [9.17, 15) is 40.5 Å². The molecule has 0 radical (unpaired) electrons. The van der Waals surface area contributed by atoms with Crippen LogP contribution >= 0.6 is 15.9 Å². The fourth-order valence-electron chi connectivity index (χ4n) is 1.27. The van der Waals surface area contributed by atoms with Crippen molar-refractivity contribution in [1.82, 2.24) is 0 Å². The van der Waals surface area contributed by atoms with Gasteiger partial charge in [-0.2, -0.15) is 0 Å². The van der Waals surface area contributed by atoms with Crippen molar-refractivity contribution < 1.29 is 19.7 Å². The second kappa shape index (κ2) is 4.89. The molecule has 1 rings (SSSR count). The van der Waals surface area contributed by atoms with Crippen LogP contribution in [0, 0.1) is 40.5 Å². The molecule has 0 fully saturated rings. The maximum atomic E-state index is 10.7. The van der Waals surface area contributed by atoms with Crippen molar-refractivity contribution >= 4 is 38.7 Å². The predicted molar refractivity (Wildman–Crippen MR) is 60.8 cm³/mol. The number of nitro groups is 4. The quantitative estimate of drug-likeness (QED) is 0.593. The predicted octanol–water partition coefficient (Wildman–Crippen LogP) is 2.08. The van der Waals surface area contributed by atoms with E-state index >= 15 is 0 Å². The first-order chi connectivity index (χ1) is 8.68. The highest BCUT2D eigenvalue weighted by atomic mass is 79.9. The largest absolute Gasteiger partial charge is 0.431 e. The van der Waals surface area contributed by atoms with Gasteiger partial charge in [-0.3, -0.25) is 40.5 Å². The molecule has 0 bridgehead atoms. The Labute approximate surface area is 110 Å². The highest BCUT2D eigenvalue weighted by Crippen LogP contribution is 2.47. The van der Waals surface area contributed by atoms with E-state index in [1.807, 2.05) is 0 Å². The van der Waals surface area contributed by atoms with Crippen molar-refractivity contribution in [2.24, 2.45) is 0 Å². The third-order valence-electron chi connectivity index (χ3n) is 1.93. The van der Waals surface area contributed by atoms with Gasteiger partial charge in [0.2, 0.25) is 0 Å². The normalized spacial score (nSPS) is 9.95. The molecule has 1 aromatic rings. The minimum absolute atomic E-state index is 0.475. The van der Waals surface area contributed by atoms with Crippen LogP contribution in [-0.2, 0) is 0 Å². The van der Waals surface area contributed by atoms with Gasteiger partial charge in [0.15, 0.2) is 0 Å². The fraction of sp³-hybridized carbons (Fsp3) is 0. The smallest absolute Gasteiger partial charge is 0.258 e. The average molecular weight is 337 g/mol. The molecule has 0 aliphatic carbocycles. The molecule has 19 heavy (non-hydrogen) atoms. The van der Waals surface area contributed by atoms with Gasteiger partial charge in [-0.15, -0.1) is 0 Å². The molecular formula is C6HBrN4O8. The van der Waals surface area contributed by atoms with Gasteiger partial charge in [0.1, 0.15) is 4.47 Å². The molecule has 0 N–H and O–H groups in total. The van der Waals surface area contributed by atoms with Gasteiger partial charge in [0.05, 0.1) is 19.7 Å². The number of rotatable bonds is 4. The minimum Gasteiger partial charge on any atom is -0.258 e. The van der Waals surface area contributed by atoms with Crippen LogP contribution in [0.25, 0.3) is 0 Å². The zero-order valence-electron chi connectivity index (χ0n) is 8.51. The van der Waals surface area contributed by atoms with Crippen LogP contribution in [0.3, 0.4) is 0 Å². The monoisotopic (exact) mass is 336 g/mol. The van der Waals surface area contributed by atoms with Gasteiger partial charge in [0, 0.05) is 6.07 Å². The Morgan fingerprint density at radius 1 is 0.737 bits per heavy atom. The molecule has 0 amide bonds. The highest BCUT2D eigenvalue weighted by molar-refractivity contribution is 9.10. The van der Waals surface area contributed by atoms with Crippen LogP contribution in [-0.4, -0.2) is 19.7 Å². The number of nitro benzene ring substituents is 4. The Balaban J connectivity index is 3.98. The van der Waals surface area contributed by atoms with Crippen LogP contribution in [0.1, 0.15) is 0 Å². The Morgan fingerprint density at radius 3 is 1.47 bits per heavy atom. The summed E-state index contributed by atoms with van der Waals surface area (Å²) in [4.78, 5) is 37.4. The standard InChI is InChI=1S/C6HBrN4O8/c7-2-1-3(8(12)13)5(10(16)17)6(11(18)19)4(2)9(14)15/h1H. The van der Waals surface area contributed by atoms with E-state index in [4.69, 9.17) is 0 Å². The molecular weight excluding hydrogens is 336 g/mol. The molecule has 0 saturated carbocycles. The second-order valence-corrected chi connectivity index (χ2v) is 3.81. The van der Waals surface area contributed by atoms with E-state index in [0.29, 0.717) is 6.07 Å². The van der Waals surface area contributed by atoms with Gasteiger partial charge in [-0.25, -0.2) is 0 Å². The molecule has 0 saturated heterocycles. The molecule has 13 heteroatoms. The summed E-state index contributed by atoms with van der Waals surface area (Å²) >= 11 is 2.55. The topological polar surface area (TPSA) is 173 Å². The number of nitrogens with zero attached hydrogens (tertiary/aromatic N) is 4.